The number of nitrogens with one attached hydrogen (secondary N) is 2. The molecule has 0 fully saturated rings. The van der Waals surface area contributed by atoms with Crippen molar-refractivity contribution in [1.29, 1.82) is 0 Å². The van der Waals surface area contributed by atoms with Crippen molar-refractivity contribution < 1.29 is 14.7 Å². The van der Waals surface area contributed by atoms with Crippen LogP contribution in [0.5, 0.6) is 0 Å². The summed E-state index contributed by atoms with van der Waals surface area (Å²) in [7, 11) is 0. The third-order valence-electron chi connectivity index (χ3n) is 2.51. The number of hydrogen-bond donors (Lipinski definition) is 3. The van der Waals surface area contributed by atoms with E-state index in [9.17, 15) is 9.59 Å². The minimum absolute atomic E-state index is 0.151. The molecule has 0 saturated carbocycles. The van der Waals surface area contributed by atoms with Gasteiger partial charge in [-0.25, -0.2) is 19.6 Å². The van der Waals surface area contributed by atoms with E-state index in [1.807, 2.05) is 6.92 Å². The second-order valence-electron chi connectivity index (χ2n) is 3.87. The number of urea groups is 1. The Morgan fingerprint density at radius 2 is 2.20 bits per heavy atom. The number of carboxylic acid groups (broad SMARTS) is 1. The molecular formula is C12H12N4O3S. The van der Waals surface area contributed by atoms with Crippen molar-refractivity contribution in [2.45, 2.75) is 13.5 Å². The van der Waals surface area contributed by atoms with Gasteiger partial charge >= 0.3 is 12.0 Å². The minimum atomic E-state index is -1.20. The van der Waals surface area contributed by atoms with Gasteiger partial charge in [-0.05, 0) is 19.1 Å². The van der Waals surface area contributed by atoms with Crippen LogP contribution in [0.1, 0.15) is 21.1 Å². The Morgan fingerprint density at radius 3 is 2.85 bits per heavy atom. The number of amides is 2. The lowest BCUT2D eigenvalue weighted by atomic mass is 10.3. The van der Waals surface area contributed by atoms with Crippen molar-refractivity contribution in [3.8, 4) is 0 Å². The smallest absolute Gasteiger partial charge is 0.356 e. The van der Waals surface area contributed by atoms with Crippen LogP contribution in [0, 0.1) is 6.92 Å². The van der Waals surface area contributed by atoms with E-state index in [4.69, 9.17) is 5.11 Å². The molecular weight excluding hydrogens is 280 g/mol. The second kappa shape index (κ2) is 6.11. The number of carboxylic acids is 1. The van der Waals surface area contributed by atoms with E-state index in [0.29, 0.717) is 6.54 Å². The Morgan fingerprint density at radius 1 is 1.40 bits per heavy atom. The van der Waals surface area contributed by atoms with E-state index >= 15 is 0 Å². The van der Waals surface area contributed by atoms with Crippen molar-refractivity contribution in [3.63, 3.8) is 0 Å². The molecule has 7 nitrogen and oxygen atoms in total. The molecule has 0 bridgehead atoms. The van der Waals surface area contributed by atoms with Crippen LogP contribution < -0.4 is 10.6 Å². The third kappa shape index (κ3) is 3.29. The number of rotatable bonds is 4. The van der Waals surface area contributed by atoms with Crippen molar-refractivity contribution >= 4 is 29.0 Å². The Balaban J connectivity index is 1.98. The topological polar surface area (TPSA) is 104 Å². The molecule has 0 aliphatic heterocycles. The molecule has 0 aliphatic rings. The highest BCUT2D eigenvalue weighted by molar-refractivity contribution is 7.09. The van der Waals surface area contributed by atoms with Crippen molar-refractivity contribution in [2.24, 2.45) is 0 Å². The van der Waals surface area contributed by atoms with Crippen LogP contribution >= 0.6 is 11.3 Å². The molecule has 3 N–H and O–H groups in total. The van der Waals surface area contributed by atoms with Crippen molar-refractivity contribution in [2.75, 3.05) is 5.32 Å². The number of carbonyl (C=O) groups is 2. The zero-order chi connectivity index (χ0) is 14.5. The van der Waals surface area contributed by atoms with E-state index in [1.165, 1.54) is 23.6 Å². The molecule has 2 aromatic rings. The number of hydrogen-bond acceptors (Lipinski definition) is 5. The third-order valence-corrected chi connectivity index (χ3v) is 3.45. The van der Waals surface area contributed by atoms with Crippen molar-refractivity contribution in [1.82, 2.24) is 15.3 Å². The largest absolute Gasteiger partial charge is 0.476 e. The summed E-state index contributed by atoms with van der Waals surface area (Å²) in [6.45, 7) is 2.19. The average molecular weight is 292 g/mol. The van der Waals surface area contributed by atoms with E-state index in [0.717, 1.165) is 10.6 Å². The van der Waals surface area contributed by atoms with Crippen LogP contribution in [0.2, 0.25) is 0 Å². The number of carbonyl (C=O) groups excluding carboxylic acids is 1. The van der Waals surface area contributed by atoms with Gasteiger partial charge in [0.15, 0.2) is 5.69 Å². The number of pyridine rings is 1. The molecule has 2 aromatic heterocycles. The lowest BCUT2D eigenvalue weighted by molar-refractivity contribution is 0.0692. The molecule has 104 valence electrons. The van der Waals surface area contributed by atoms with Crippen LogP contribution in [-0.2, 0) is 6.54 Å². The Hall–Kier alpha value is -2.48. The highest BCUT2D eigenvalue weighted by atomic mass is 32.1. The van der Waals surface area contributed by atoms with Crippen LogP contribution in [0.4, 0.5) is 10.5 Å². The van der Waals surface area contributed by atoms with Gasteiger partial charge in [-0.1, -0.05) is 0 Å². The van der Waals surface area contributed by atoms with E-state index in [-0.39, 0.29) is 11.4 Å². The standard InChI is InChI=1S/C12H12N4O3S/c1-7-9(20-6-15-7)5-14-12(19)16-8-3-2-4-13-10(8)11(17)18/h2-4,6H,5H2,1H3,(H,17,18)(H2,14,16,19). The van der Waals surface area contributed by atoms with Crippen LogP contribution in [-0.4, -0.2) is 27.1 Å². The number of anilines is 1. The molecule has 0 unspecified atom stereocenters. The molecule has 2 amide bonds. The molecule has 0 atom stereocenters. The van der Waals surface area contributed by atoms with E-state index in [2.05, 4.69) is 20.6 Å². The first-order valence-electron chi connectivity index (χ1n) is 5.70. The van der Waals surface area contributed by atoms with Gasteiger partial charge in [-0.2, -0.15) is 0 Å². The van der Waals surface area contributed by atoms with Gasteiger partial charge in [-0.15, -0.1) is 11.3 Å². The summed E-state index contributed by atoms with van der Waals surface area (Å²) in [5.74, 6) is -1.20. The maximum atomic E-state index is 11.7. The van der Waals surface area contributed by atoms with Crippen LogP contribution in [0.3, 0.4) is 0 Å². The summed E-state index contributed by atoms with van der Waals surface area (Å²) in [4.78, 5) is 31.4. The Labute approximate surface area is 118 Å². The normalized spacial score (nSPS) is 10.1. The van der Waals surface area contributed by atoms with Crippen LogP contribution in [0.25, 0.3) is 0 Å². The van der Waals surface area contributed by atoms with E-state index < -0.39 is 12.0 Å². The molecule has 0 saturated heterocycles. The summed E-state index contributed by atoms with van der Waals surface area (Å²) in [5.41, 5.74) is 2.52. The van der Waals surface area contributed by atoms with E-state index in [1.54, 1.807) is 11.6 Å². The first-order chi connectivity index (χ1) is 9.58. The number of thiazole rings is 1. The fourth-order valence-corrected chi connectivity index (χ4v) is 2.22. The lowest BCUT2D eigenvalue weighted by Gasteiger charge is -2.08. The fourth-order valence-electron chi connectivity index (χ4n) is 1.50. The summed E-state index contributed by atoms with van der Waals surface area (Å²) in [6.07, 6.45) is 1.35. The molecule has 8 heteroatoms. The summed E-state index contributed by atoms with van der Waals surface area (Å²) in [5, 5.41) is 14.1. The van der Waals surface area contributed by atoms with Crippen LogP contribution in [0.15, 0.2) is 23.8 Å². The maximum Gasteiger partial charge on any atom is 0.356 e. The van der Waals surface area contributed by atoms with Gasteiger partial charge < -0.3 is 15.7 Å². The average Bonchev–Trinajstić information content (AvgIpc) is 2.82. The van der Waals surface area contributed by atoms with Gasteiger partial charge in [0.2, 0.25) is 0 Å². The molecule has 0 aliphatic carbocycles. The Bertz CT molecular complexity index is 641. The van der Waals surface area contributed by atoms with Gasteiger partial charge in [0, 0.05) is 11.1 Å². The number of aromatic nitrogens is 2. The molecule has 0 aromatic carbocycles. The molecule has 20 heavy (non-hydrogen) atoms. The summed E-state index contributed by atoms with van der Waals surface area (Å²) < 4.78 is 0. The highest BCUT2D eigenvalue weighted by Crippen LogP contribution is 2.13. The zero-order valence-electron chi connectivity index (χ0n) is 10.6. The molecule has 2 heterocycles. The number of nitrogens with zero attached hydrogens (tertiary/aromatic N) is 2. The monoisotopic (exact) mass is 292 g/mol. The second-order valence-corrected chi connectivity index (χ2v) is 4.81. The van der Waals surface area contributed by atoms with Gasteiger partial charge in [-0.3, -0.25) is 0 Å². The predicted octanol–water partition coefficient (Wildman–Crippen LogP) is 1.87. The first-order valence-corrected chi connectivity index (χ1v) is 6.58. The lowest BCUT2D eigenvalue weighted by Crippen LogP contribution is -2.29. The van der Waals surface area contributed by atoms with Gasteiger partial charge in [0.25, 0.3) is 0 Å². The molecule has 0 radical (unpaired) electrons. The van der Waals surface area contributed by atoms with Gasteiger partial charge in [0.05, 0.1) is 23.4 Å². The fraction of sp³-hybridized carbons (Fsp3) is 0.167. The summed E-state index contributed by atoms with van der Waals surface area (Å²) >= 11 is 1.45. The molecule has 2 rings (SSSR count). The minimum Gasteiger partial charge on any atom is -0.476 e. The summed E-state index contributed by atoms with van der Waals surface area (Å²) in [6, 6.07) is 2.54. The Kier molecular flexibility index (Phi) is 4.26. The quantitative estimate of drug-likeness (QED) is 0.798. The molecule has 0 spiro atoms. The highest BCUT2D eigenvalue weighted by Gasteiger charge is 2.13. The number of aryl methyl sites for hydroxylation is 1. The van der Waals surface area contributed by atoms with Crippen molar-refractivity contribution in [3.05, 3.63) is 40.1 Å². The SMILES string of the molecule is Cc1ncsc1CNC(=O)Nc1cccnc1C(=O)O. The number of aromatic carboxylic acids is 1. The zero-order valence-corrected chi connectivity index (χ0v) is 11.4. The van der Waals surface area contributed by atoms with Gasteiger partial charge in [0.1, 0.15) is 0 Å². The first kappa shape index (κ1) is 13.9. The maximum absolute atomic E-state index is 11.7. The predicted molar refractivity (Wildman–Crippen MR) is 73.9 cm³/mol.